The van der Waals surface area contributed by atoms with Crippen LogP contribution in [0.25, 0.3) is 0 Å². The summed E-state index contributed by atoms with van der Waals surface area (Å²) in [5.74, 6) is 0.413. The Morgan fingerprint density at radius 2 is 1.80 bits per heavy atom. The zero-order valence-electron chi connectivity index (χ0n) is 11.6. The van der Waals surface area contributed by atoms with Crippen LogP contribution in [-0.4, -0.2) is 48.6 Å². The van der Waals surface area contributed by atoms with Crippen molar-refractivity contribution in [2.24, 2.45) is 0 Å². The van der Waals surface area contributed by atoms with Crippen molar-refractivity contribution in [2.75, 3.05) is 23.0 Å². The molecule has 6 heteroatoms. The van der Waals surface area contributed by atoms with E-state index >= 15 is 0 Å². The molecule has 108 valence electrons. The van der Waals surface area contributed by atoms with Gasteiger partial charge in [-0.25, -0.2) is 8.42 Å². The number of nitrogens with zero attached hydrogens (tertiary/aromatic N) is 2. The van der Waals surface area contributed by atoms with Gasteiger partial charge in [-0.2, -0.15) is 0 Å². The van der Waals surface area contributed by atoms with Crippen molar-refractivity contribution < 1.29 is 8.42 Å². The Hall–Kier alpha value is -1.14. The maximum Gasteiger partial charge on any atom is 0.176 e. The van der Waals surface area contributed by atoms with Gasteiger partial charge in [0.05, 0.1) is 23.6 Å². The molecule has 2 fully saturated rings. The fourth-order valence-electron chi connectivity index (χ4n) is 3.15. The number of aryl methyl sites for hydroxylation is 1. The molecule has 0 aromatic heterocycles. The summed E-state index contributed by atoms with van der Waals surface area (Å²) in [6.45, 7) is 4.80. The first-order chi connectivity index (χ1) is 9.43. The van der Waals surface area contributed by atoms with Gasteiger partial charge in [0.1, 0.15) is 0 Å². The van der Waals surface area contributed by atoms with E-state index in [4.69, 9.17) is 12.2 Å². The van der Waals surface area contributed by atoms with E-state index in [1.54, 1.807) is 0 Å². The van der Waals surface area contributed by atoms with E-state index in [2.05, 4.69) is 0 Å². The second-order valence-electron chi connectivity index (χ2n) is 5.49. The van der Waals surface area contributed by atoms with Crippen LogP contribution in [0.4, 0.5) is 5.69 Å². The molecule has 2 saturated heterocycles. The predicted molar refractivity (Wildman–Crippen MR) is 84.9 cm³/mol. The minimum absolute atomic E-state index is 0.00111. The first-order valence-electron chi connectivity index (χ1n) is 6.80. The molecule has 2 aliphatic rings. The highest BCUT2D eigenvalue weighted by atomic mass is 32.2. The van der Waals surface area contributed by atoms with Gasteiger partial charge in [-0.15, -0.1) is 0 Å². The number of rotatable bonds is 2. The van der Waals surface area contributed by atoms with Gasteiger partial charge in [0.2, 0.25) is 0 Å². The highest BCUT2D eigenvalue weighted by Gasteiger charge is 2.51. The quantitative estimate of drug-likeness (QED) is 0.776. The molecule has 20 heavy (non-hydrogen) atoms. The third-order valence-electron chi connectivity index (χ3n) is 4.13. The smallest absolute Gasteiger partial charge is 0.176 e. The van der Waals surface area contributed by atoms with Crippen molar-refractivity contribution in [1.82, 2.24) is 4.90 Å². The van der Waals surface area contributed by atoms with E-state index in [9.17, 15) is 8.42 Å². The highest BCUT2D eigenvalue weighted by molar-refractivity contribution is 7.91. The van der Waals surface area contributed by atoms with Crippen molar-refractivity contribution in [1.29, 1.82) is 0 Å². The number of thiocarbonyl (C=S) groups is 1. The van der Waals surface area contributed by atoms with E-state index in [-0.39, 0.29) is 23.6 Å². The largest absolute Gasteiger partial charge is 0.343 e. The van der Waals surface area contributed by atoms with Crippen LogP contribution in [0, 0.1) is 6.92 Å². The first-order valence-corrected chi connectivity index (χ1v) is 9.03. The molecular weight excluding hydrogens is 292 g/mol. The topological polar surface area (TPSA) is 40.6 Å². The summed E-state index contributed by atoms with van der Waals surface area (Å²) in [6.07, 6.45) is 0. The van der Waals surface area contributed by atoms with Crippen molar-refractivity contribution in [2.45, 2.75) is 25.9 Å². The predicted octanol–water partition coefficient (Wildman–Crippen LogP) is 1.59. The van der Waals surface area contributed by atoms with Gasteiger partial charge >= 0.3 is 0 Å². The van der Waals surface area contributed by atoms with Gasteiger partial charge in [-0.05, 0) is 38.2 Å². The Morgan fingerprint density at radius 3 is 2.40 bits per heavy atom. The second-order valence-corrected chi connectivity index (χ2v) is 8.00. The summed E-state index contributed by atoms with van der Waals surface area (Å²) in [4.78, 5) is 4.07. The van der Waals surface area contributed by atoms with Crippen LogP contribution < -0.4 is 4.90 Å². The van der Waals surface area contributed by atoms with Crippen molar-refractivity contribution in [3.05, 3.63) is 29.8 Å². The highest BCUT2D eigenvalue weighted by Crippen LogP contribution is 2.34. The second kappa shape index (κ2) is 4.70. The lowest BCUT2D eigenvalue weighted by atomic mass is 10.1. The maximum absolute atomic E-state index is 11.9. The fraction of sp³-hybridized carbons (Fsp3) is 0.500. The summed E-state index contributed by atoms with van der Waals surface area (Å²) in [7, 11) is -2.96. The number of likely N-dealkylation sites (N-methyl/N-ethyl adjacent to an activating group) is 1. The van der Waals surface area contributed by atoms with E-state index in [0.717, 1.165) is 17.3 Å². The number of hydrogen-bond donors (Lipinski definition) is 0. The zero-order valence-corrected chi connectivity index (χ0v) is 13.2. The normalized spacial score (nSPS) is 28.0. The van der Waals surface area contributed by atoms with Crippen molar-refractivity contribution >= 4 is 32.9 Å². The van der Waals surface area contributed by atoms with E-state index in [1.807, 2.05) is 47.9 Å². The van der Waals surface area contributed by atoms with Crippen LogP contribution in [0.2, 0.25) is 0 Å². The lowest BCUT2D eigenvalue weighted by Gasteiger charge is -2.24. The van der Waals surface area contributed by atoms with Crippen LogP contribution in [0.3, 0.4) is 0 Å². The van der Waals surface area contributed by atoms with Gasteiger partial charge in [0.15, 0.2) is 14.9 Å². The molecule has 0 radical (unpaired) electrons. The molecule has 0 amide bonds. The summed E-state index contributed by atoms with van der Waals surface area (Å²) in [5.41, 5.74) is 2.17. The van der Waals surface area contributed by atoms with Crippen LogP contribution in [-0.2, 0) is 9.84 Å². The number of sulfone groups is 1. The molecule has 0 bridgehead atoms. The lowest BCUT2D eigenvalue weighted by molar-refractivity contribution is 0.373. The number of fused-ring (bicyclic) bond motifs is 1. The molecule has 2 unspecified atom stereocenters. The first kappa shape index (κ1) is 13.8. The Kier molecular flexibility index (Phi) is 3.25. The third kappa shape index (κ3) is 2.11. The van der Waals surface area contributed by atoms with E-state index in [1.165, 1.54) is 5.56 Å². The zero-order chi connectivity index (χ0) is 14.5. The molecule has 1 aromatic carbocycles. The molecule has 0 spiro atoms. The molecule has 4 nitrogen and oxygen atoms in total. The molecule has 2 aliphatic heterocycles. The number of benzene rings is 1. The van der Waals surface area contributed by atoms with Crippen molar-refractivity contribution in [3.63, 3.8) is 0 Å². The lowest BCUT2D eigenvalue weighted by Crippen LogP contribution is -2.37. The van der Waals surface area contributed by atoms with E-state index in [0.29, 0.717) is 0 Å². The Morgan fingerprint density at radius 1 is 1.20 bits per heavy atom. The Bertz CT molecular complexity index is 640. The standard InChI is InChI=1S/C14H18N2O2S2/c1-3-15-12-8-20(17,18)9-13(12)16(14(15)19)11-6-4-10(2)5-7-11/h4-7,12-13H,3,8-9H2,1-2H3. The minimum atomic E-state index is -2.96. The molecule has 0 saturated carbocycles. The summed E-state index contributed by atoms with van der Waals surface area (Å²) in [5, 5.41) is 0.751. The van der Waals surface area contributed by atoms with Crippen LogP contribution in [0.1, 0.15) is 12.5 Å². The van der Waals surface area contributed by atoms with Gasteiger partial charge in [-0.3, -0.25) is 0 Å². The molecule has 0 aliphatic carbocycles. The number of hydrogen-bond acceptors (Lipinski definition) is 3. The average molecular weight is 310 g/mol. The third-order valence-corrected chi connectivity index (χ3v) is 6.26. The fourth-order valence-corrected chi connectivity index (χ4v) is 5.61. The Labute approximate surface area is 125 Å². The van der Waals surface area contributed by atoms with Crippen molar-refractivity contribution in [3.8, 4) is 0 Å². The van der Waals surface area contributed by atoms with Crippen LogP contribution >= 0.6 is 12.2 Å². The van der Waals surface area contributed by atoms with Gasteiger partial charge in [-0.1, -0.05) is 17.7 Å². The summed E-state index contributed by atoms with van der Waals surface area (Å²) >= 11 is 5.56. The van der Waals surface area contributed by atoms with E-state index < -0.39 is 9.84 Å². The molecule has 3 rings (SSSR count). The minimum Gasteiger partial charge on any atom is -0.343 e. The SMILES string of the molecule is CCN1C(=S)N(c2ccc(C)cc2)C2CS(=O)(=O)CC21. The average Bonchev–Trinajstić information content (AvgIpc) is 2.80. The molecule has 2 atom stereocenters. The van der Waals surface area contributed by atoms with Gasteiger partial charge < -0.3 is 9.80 Å². The maximum atomic E-state index is 11.9. The molecule has 2 heterocycles. The number of anilines is 1. The van der Waals surface area contributed by atoms with Crippen LogP contribution in [0.15, 0.2) is 24.3 Å². The molecular formula is C14H18N2O2S2. The molecule has 1 aromatic rings. The molecule has 0 N–H and O–H groups in total. The Balaban J connectivity index is 2.01. The van der Waals surface area contributed by atoms with Crippen LogP contribution in [0.5, 0.6) is 0 Å². The summed E-state index contributed by atoms with van der Waals surface area (Å²) in [6, 6.07) is 8.05. The summed E-state index contributed by atoms with van der Waals surface area (Å²) < 4.78 is 23.9. The van der Waals surface area contributed by atoms with Gasteiger partial charge in [0, 0.05) is 12.2 Å². The van der Waals surface area contributed by atoms with Gasteiger partial charge in [0.25, 0.3) is 0 Å². The monoisotopic (exact) mass is 310 g/mol.